The summed E-state index contributed by atoms with van der Waals surface area (Å²) < 4.78 is 5.22. The van der Waals surface area contributed by atoms with Gasteiger partial charge in [-0.25, -0.2) is 0 Å². The summed E-state index contributed by atoms with van der Waals surface area (Å²) in [5.41, 5.74) is 1.00. The SMILES string of the molecule is CCCCCCCC([S])C(=O)OCc1ccccc1. The molecule has 0 aliphatic rings. The highest BCUT2D eigenvalue weighted by molar-refractivity contribution is 7.81. The number of unbranched alkanes of at least 4 members (excludes halogenated alkanes) is 4. The molecule has 1 unspecified atom stereocenters. The topological polar surface area (TPSA) is 26.3 Å². The van der Waals surface area contributed by atoms with E-state index >= 15 is 0 Å². The van der Waals surface area contributed by atoms with E-state index in [0.29, 0.717) is 6.61 Å². The van der Waals surface area contributed by atoms with E-state index in [1.165, 1.54) is 19.3 Å². The predicted molar refractivity (Wildman–Crippen MR) is 81.0 cm³/mol. The van der Waals surface area contributed by atoms with E-state index in [4.69, 9.17) is 17.4 Å². The number of esters is 1. The quantitative estimate of drug-likeness (QED) is 0.485. The zero-order valence-corrected chi connectivity index (χ0v) is 12.5. The number of hydrogen-bond acceptors (Lipinski definition) is 2. The van der Waals surface area contributed by atoms with Crippen molar-refractivity contribution in [3.63, 3.8) is 0 Å². The molecule has 3 heteroatoms. The maximum absolute atomic E-state index is 11.7. The van der Waals surface area contributed by atoms with E-state index in [9.17, 15) is 4.79 Å². The third kappa shape index (κ3) is 7.26. The van der Waals surface area contributed by atoms with Crippen molar-refractivity contribution in [1.82, 2.24) is 0 Å². The largest absolute Gasteiger partial charge is 0.460 e. The van der Waals surface area contributed by atoms with Crippen LogP contribution < -0.4 is 0 Å². The van der Waals surface area contributed by atoms with Crippen molar-refractivity contribution >= 4 is 18.6 Å². The van der Waals surface area contributed by atoms with Gasteiger partial charge in [-0.05, 0) is 12.0 Å². The molecule has 105 valence electrons. The summed E-state index contributed by atoms with van der Waals surface area (Å²) in [5.74, 6) is -0.255. The molecular weight excluding hydrogens is 256 g/mol. The second-order valence-electron chi connectivity index (χ2n) is 4.78. The van der Waals surface area contributed by atoms with Crippen LogP contribution in [0.2, 0.25) is 0 Å². The molecule has 0 amide bonds. The Kier molecular flexibility index (Phi) is 8.39. The summed E-state index contributed by atoms with van der Waals surface area (Å²) in [6, 6.07) is 9.69. The van der Waals surface area contributed by atoms with Crippen LogP contribution in [0.4, 0.5) is 0 Å². The van der Waals surface area contributed by atoms with Gasteiger partial charge in [0.2, 0.25) is 0 Å². The summed E-state index contributed by atoms with van der Waals surface area (Å²) in [5, 5.41) is -0.398. The van der Waals surface area contributed by atoms with Crippen molar-refractivity contribution in [3.8, 4) is 0 Å². The highest BCUT2D eigenvalue weighted by Gasteiger charge is 2.15. The van der Waals surface area contributed by atoms with Crippen molar-refractivity contribution in [2.24, 2.45) is 0 Å². The van der Waals surface area contributed by atoms with Gasteiger partial charge in [0.05, 0.1) is 0 Å². The molecule has 1 atom stereocenters. The number of ether oxygens (including phenoxy) is 1. The standard InChI is InChI=1S/C16H23O2S/c1-2-3-4-5-9-12-15(19)16(17)18-13-14-10-7-6-8-11-14/h6-8,10-11,15H,2-5,9,12-13H2,1H3. The highest BCUT2D eigenvalue weighted by Crippen LogP contribution is 2.13. The number of carbonyl (C=O) groups excluding carboxylic acids is 1. The Labute approximate surface area is 122 Å². The maximum atomic E-state index is 11.7. The minimum absolute atomic E-state index is 0.255. The van der Waals surface area contributed by atoms with Crippen molar-refractivity contribution in [2.75, 3.05) is 0 Å². The van der Waals surface area contributed by atoms with Crippen LogP contribution in [0.15, 0.2) is 30.3 Å². The van der Waals surface area contributed by atoms with E-state index in [1.54, 1.807) is 0 Å². The Bertz CT molecular complexity index is 351. The molecule has 2 nitrogen and oxygen atoms in total. The van der Waals surface area contributed by atoms with Crippen LogP contribution in [0.25, 0.3) is 0 Å². The Morgan fingerprint density at radius 3 is 2.53 bits per heavy atom. The number of rotatable bonds is 9. The van der Waals surface area contributed by atoms with Gasteiger partial charge in [0.25, 0.3) is 0 Å². The lowest BCUT2D eigenvalue weighted by atomic mass is 10.1. The summed E-state index contributed by atoms with van der Waals surface area (Å²) in [6.07, 6.45) is 6.67. The van der Waals surface area contributed by atoms with Gasteiger partial charge >= 0.3 is 5.97 Å². The molecule has 0 aliphatic carbocycles. The summed E-state index contributed by atoms with van der Waals surface area (Å²) in [4.78, 5) is 11.7. The van der Waals surface area contributed by atoms with Crippen molar-refractivity contribution in [1.29, 1.82) is 0 Å². The molecule has 0 saturated carbocycles. The van der Waals surface area contributed by atoms with Crippen LogP contribution in [0.1, 0.15) is 51.0 Å². The molecule has 1 rings (SSSR count). The first-order valence-corrected chi connectivity index (χ1v) is 7.57. The fourth-order valence-corrected chi connectivity index (χ4v) is 2.11. The normalized spacial score (nSPS) is 12.1. The lowest BCUT2D eigenvalue weighted by Gasteiger charge is -2.10. The van der Waals surface area contributed by atoms with Gasteiger partial charge in [-0.2, -0.15) is 0 Å². The van der Waals surface area contributed by atoms with E-state index < -0.39 is 5.25 Å². The first-order chi connectivity index (χ1) is 9.24. The van der Waals surface area contributed by atoms with Crippen molar-refractivity contribution in [3.05, 3.63) is 35.9 Å². The van der Waals surface area contributed by atoms with E-state index in [-0.39, 0.29) is 5.97 Å². The average Bonchev–Trinajstić information content (AvgIpc) is 2.45. The zero-order chi connectivity index (χ0) is 13.9. The van der Waals surface area contributed by atoms with Crippen LogP contribution in [0.3, 0.4) is 0 Å². The molecule has 0 fully saturated rings. The third-order valence-corrected chi connectivity index (χ3v) is 3.48. The van der Waals surface area contributed by atoms with E-state index in [1.807, 2.05) is 30.3 Å². The molecule has 1 aromatic rings. The second-order valence-corrected chi connectivity index (χ2v) is 5.35. The number of benzene rings is 1. The molecule has 0 bridgehead atoms. The van der Waals surface area contributed by atoms with Crippen molar-refractivity contribution < 1.29 is 9.53 Å². The zero-order valence-electron chi connectivity index (χ0n) is 11.6. The molecule has 0 spiro atoms. The van der Waals surface area contributed by atoms with Gasteiger partial charge in [-0.3, -0.25) is 4.79 Å². The minimum atomic E-state index is -0.398. The fraction of sp³-hybridized carbons (Fsp3) is 0.562. The molecule has 0 aliphatic heterocycles. The fourth-order valence-electron chi connectivity index (χ4n) is 1.87. The van der Waals surface area contributed by atoms with Crippen molar-refractivity contribution in [2.45, 2.75) is 57.3 Å². The maximum Gasteiger partial charge on any atom is 0.320 e. The Morgan fingerprint density at radius 2 is 1.84 bits per heavy atom. The van der Waals surface area contributed by atoms with Gasteiger partial charge in [0.1, 0.15) is 11.9 Å². The predicted octanol–water partition coefficient (Wildman–Crippen LogP) is 4.66. The van der Waals surface area contributed by atoms with Crippen LogP contribution in [-0.2, 0) is 16.1 Å². The van der Waals surface area contributed by atoms with Gasteiger partial charge in [0.15, 0.2) is 0 Å². The minimum Gasteiger partial charge on any atom is -0.460 e. The monoisotopic (exact) mass is 279 g/mol. The first kappa shape index (κ1) is 16.1. The Hall–Kier alpha value is -0.960. The third-order valence-electron chi connectivity index (χ3n) is 3.06. The van der Waals surface area contributed by atoms with E-state index in [0.717, 1.165) is 24.8 Å². The summed E-state index contributed by atoms with van der Waals surface area (Å²) in [6.45, 7) is 2.51. The van der Waals surface area contributed by atoms with Gasteiger partial charge in [0, 0.05) is 0 Å². The van der Waals surface area contributed by atoms with Gasteiger partial charge in [-0.1, -0.05) is 82.0 Å². The number of hydrogen-bond donors (Lipinski definition) is 0. The second kappa shape index (κ2) is 9.90. The van der Waals surface area contributed by atoms with Crippen LogP contribution in [0, 0.1) is 0 Å². The molecule has 0 aromatic heterocycles. The lowest BCUT2D eigenvalue weighted by Crippen LogP contribution is -2.17. The molecule has 0 heterocycles. The Balaban J connectivity index is 2.14. The molecule has 1 aromatic carbocycles. The molecule has 0 N–H and O–H groups in total. The van der Waals surface area contributed by atoms with Gasteiger partial charge in [-0.15, -0.1) is 0 Å². The van der Waals surface area contributed by atoms with Gasteiger partial charge < -0.3 is 4.74 Å². The Morgan fingerprint density at radius 1 is 1.16 bits per heavy atom. The number of carbonyl (C=O) groups is 1. The molecule has 19 heavy (non-hydrogen) atoms. The summed E-state index contributed by atoms with van der Waals surface area (Å²) >= 11 is 5.18. The van der Waals surface area contributed by atoms with E-state index in [2.05, 4.69) is 6.92 Å². The van der Waals surface area contributed by atoms with Crippen LogP contribution >= 0.6 is 12.6 Å². The average molecular weight is 279 g/mol. The molecule has 0 saturated heterocycles. The lowest BCUT2D eigenvalue weighted by molar-refractivity contribution is -0.144. The highest BCUT2D eigenvalue weighted by atomic mass is 32.1. The summed E-state index contributed by atoms with van der Waals surface area (Å²) in [7, 11) is 0. The molecular formula is C16H23O2S. The van der Waals surface area contributed by atoms with Crippen LogP contribution in [0.5, 0.6) is 0 Å². The first-order valence-electron chi connectivity index (χ1n) is 7.10. The molecule has 1 radical (unpaired) electrons. The van der Waals surface area contributed by atoms with Crippen LogP contribution in [-0.4, -0.2) is 11.2 Å². The smallest absolute Gasteiger partial charge is 0.320 e.